The zero-order valence-corrected chi connectivity index (χ0v) is 12.4. The summed E-state index contributed by atoms with van der Waals surface area (Å²) < 4.78 is 0. The number of phenols is 2. The molecular weight excluding hydrogens is 288 g/mol. The van der Waals surface area contributed by atoms with Crippen LogP contribution >= 0.6 is 11.3 Å². The molecule has 1 heterocycles. The summed E-state index contributed by atoms with van der Waals surface area (Å²) >= 11 is 1.49. The van der Waals surface area contributed by atoms with Crippen LogP contribution in [0.1, 0.15) is 16.1 Å². The van der Waals surface area contributed by atoms with E-state index in [2.05, 4.69) is 10.3 Å². The van der Waals surface area contributed by atoms with Gasteiger partial charge in [0, 0.05) is 17.5 Å². The minimum absolute atomic E-state index is 0.148. The number of aryl methyl sites for hydroxylation is 1. The van der Waals surface area contributed by atoms with Crippen molar-refractivity contribution in [3.8, 4) is 11.5 Å². The zero-order chi connectivity index (χ0) is 15.2. The number of aromatic hydroxyl groups is 2. The van der Waals surface area contributed by atoms with Gasteiger partial charge in [-0.1, -0.05) is 6.07 Å². The van der Waals surface area contributed by atoms with E-state index in [9.17, 15) is 15.0 Å². The van der Waals surface area contributed by atoms with E-state index in [1.165, 1.54) is 29.5 Å². The second-order valence-electron chi connectivity index (χ2n) is 4.50. The van der Waals surface area contributed by atoms with E-state index >= 15 is 0 Å². The van der Waals surface area contributed by atoms with Crippen molar-refractivity contribution < 1.29 is 15.0 Å². The third kappa shape index (κ3) is 4.32. The highest BCUT2D eigenvalue weighted by molar-refractivity contribution is 7.10. The van der Waals surface area contributed by atoms with Crippen molar-refractivity contribution in [1.82, 2.24) is 10.3 Å². The third-order valence-electron chi connectivity index (χ3n) is 2.92. The zero-order valence-electron chi connectivity index (χ0n) is 11.5. The molecule has 0 bridgehead atoms. The number of carbonyl (C=O) groups is 1. The first-order valence-corrected chi connectivity index (χ1v) is 7.31. The number of phenolic OH excluding ortho intramolecular Hbond substituents is 2. The van der Waals surface area contributed by atoms with Gasteiger partial charge in [0.2, 0.25) is 5.91 Å². The van der Waals surface area contributed by atoms with Crippen LogP contribution in [0, 0.1) is 6.92 Å². The van der Waals surface area contributed by atoms with Gasteiger partial charge in [-0.25, -0.2) is 4.98 Å². The van der Waals surface area contributed by atoms with Crippen molar-refractivity contribution in [2.45, 2.75) is 13.3 Å². The van der Waals surface area contributed by atoms with Crippen LogP contribution in [-0.2, 0) is 11.2 Å². The van der Waals surface area contributed by atoms with Crippen molar-refractivity contribution in [2.75, 3.05) is 6.54 Å². The Hall–Kier alpha value is -2.34. The van der Waals surface area contributed by atoms with Gasteiger partial charge in [-0.05, 0) is 37.1 Å². The molecule has 0 fully saturated rings. The largest absolute Gasteiger partial charge is 0.504 e. The van der Waals surface area contributed by atoms with Gasteiger partial charge in [0.15, 0.2) is 11.5 Å². The molecule has 0 aliphatic rings. The Labute approximate surface area is 126 Å². The summed E-state index contributed by atoms with van der Waals surface area (Å²) in [5, 5.41) is 21.3. The van der Waals surface area contributed by atoms with Crippen LogP contribution in [0.15, 0.2) is 29.8 Å². The van der Waals surface area contributed by atoms with E-state index in [0.29, 0.717) is 13.0 Å². The highest BCUT2D eigenvalue weighted by atomic mass is 32.1. The fraction of sp³-hybridized carbons (Fsp3) is 0.200. The number of carbonyl (C=O) groups excluding carboxylic acids is 1. The Morgan fingerprint density at radius 1 is 1.38 bits per heavy atom. The van der Waals surface area contributed by atoms with Crippen molar-refractivity contribution in [3.63, 3.8) is 0 Å². The molecule has 0 aliphatic heterocycles. The van der Waals surface area contributed by atoms with Gasteiger partial charge >= 0.3 is 0 Å². The molecule has 2 rings (SSSR count). The molecule has 3 N–H and O–H groups in total. The lowest BCUT2D eigenvalue weighted by molar-refractivity contribution is -0.116. The molecule has 2 aromatic rings. The number of benzene rings is 1. The van der Waals surface area contributed by atoms with Gasteiger partial charge in [-0.3, -0.25) is 4.79 Å². The topological polar surface area (TPSA) is 82.5 Å². The average Bonchev–Trinajstić information content (AvgIpc) is 2.86. The smallest absolute Gasteiger partial charge is 0.244 e. The SMILES string of the molecule is Cc1ncsc1/C=C/C(=O)NCCc1ccc(O)c(O)c1. The second kappa shape index (κ2) is 6.90. The Balaban J connectivity index is 1.80. The number of thiazole rings is 1. The molecule has 1 aromatic carbocycles. The molecule has 5 nitrogen and oxygen atoms in total. The van der Waals surface area contributed by atoms with Crippen molar-refractivity contribution in [3.05, 3.63) is 45.9 Å². The molecular formula is C15H16N2O3S. The van der Waals surface area contributed by atoms with Gasteiger partial charge in [-0.2, -0.15) is 0 Å². The Kier molecular flexibility index (Phi) is 4.94. The predicted octanol–water partition coefficient (Wildman–Crippen LogP) is 2.23. The summed E-state index contributed by atoms with van der Waals surface area (Å²) in [6, 6.07) is 4.62. The highest BCUT2D eigenvalue weighted by Crippen LogP contribution is 2.24. The molecule has 1 aromatic heterocycles. The van der Waals surface area contributed by atoms with E-state index in [0.717, 1.165) is 16.1 Å². The molecule has 0 saturated heterocycles. The van der Waals surface area contributed by atoms with Gasteiger partial charge in [-0.15, -0.1) is 11.3 Å². The average molecular weight is 304 g/mol. The molecule has 0 saturated carbocycles. The first-order valence-electron chi connectivity index (χ1n) is 6.43. The second-order valence-corrected chi connectivity index (χ2v) is 5.39. The lowest BCUT2D eigenvalue weighted by atomic mass is 10.1. The third-order valence-corrected chi connectivity index (χ3v) is 3.82. The first kappa shape index (κ1) is 15.1. The van der Waals surface area contributed by atoms with Crippen molar-refractivity contribution in [2.24, 2.45) is 0 Å². The summed E-state index contributed by atoms with van der Waals surface area (Å²) in [4.78, 5) is 16.7. The quantitative estimate of drug-likeness (QED) is 0.584. The number of rotatable bonds is 5. The van der Waals surface area contributed by atoms with Crippen LogP contribution in [0.3, 0.4) is 0 Å². The van der Waals surface area contributed by atoms with E-state index in [4.69, 9.17) is 0 Å². The normalized spacial score (nSPS) is 10.9. The maximum absolute atomic E-state index is 11.7. The van der Waals surface area contributed by atoms with Gasteiger partial charge in [0.1, 0.15) is 0 Å². The molecule has 110 valence electrons. The summed E-state index contributed by atoms with van der Waals surface area (Å²) in [5.41, 5.74) is 3.49. The van der Waals surface area contributed by atoms with E-state index in [1.54, 1.807) is 17.7 Å². The molecule has 0 atom stereocenters. The summed E-state index contributed by atoms with van der Waals surface area (Å²) in [5.74, 6) is -0.476. The molecule has 0 spiro atoms. The van der Waals surface area contributed by atoms with E-state index in [-0.39, 0.29) is 17.4 Å². The molecule has 6 heteroatoms. The Morgan fingerprint density at radius 3 is 2.86 bits per heavy atom. The number of hydrogen-bond donors (Lipinski definition) is 3. The monoisotopic (exact) mass is 304 g/mol. The molecule has 0 radical (unpaired) electrons. The lowest BCUT2D eigenvalue weighted by Crippen LogP contribution is -2.23. The number of nitrogens with one attached hydrogen (secondary N) is 1. The van der Waals surface area contributed by atoms with Crippen molar-refractivity contribution in [1.29, 1.82) is 0 Å². The number of hydrogen-bond acceptors (Lipinski definition) is 5. The van der Waals surface area contributed by atoms with Crippen LogP contribution in [0.25, 0.3) is 6.08 Å². The van der Waals surface area contributed by atoms with Gasteiger partial charge < -0.3 is 15.5 Å². The van der Waals surface area contributed by atoms with Crippen LogP contribution in [-0.4, -0.2) is 27.6 Å². The summed E-state index contributed by atoms with van der Waals surface area (Å²) in [6.45, 7) is 2.35. The standard InChI is InChI=1S/C15H16N2O3S/c1-10-14(21-9-17-10)4-5-15(20)16-7-6-11-2-3-12(18)13(19)8-11/h2-5,8-9,18-19H,6-7H2,1H3,(H,16,20)/b5-4+. The lowest BCUT2D eigenvalue weighted by Gasteiger charge is -2.04. The number of nitrogens with zero attached hydrogens (tertiary/aromatic N) is 1. The Bertz CT molecular complexity index is 665. The van der Waals surface area contributed by atoms with Crippen LogP contribution in [0.4, 0.5) is 0 Å². The fourth-order valence-corrected chi connectivity index (χ4v) is 2.43. The number of aromatic nitrogens is 1. The molecule has 0 unspecified atom stereocenters. The van der Waals surface area contributed by atoms with Crippen LogP contribution in [0.2, 0.25) is 0 Å². The van der Waals surface area contributed by atoms with Crippen LogP contribution < -0.4 is 5.32 Å². The van der Waals surface area contributed by atoms with Gasteiger partial charge in [0.05, 0.1) is 11.2 Å². The van der Waals surface area contributed by atoms with Crippen molar-refractivity contribution >= 4 is 23.3 Å². The molecule has 1 amide bonds. The fourth-order valence-electron chi connectivity index (χ4n) is 1.74. The maximum Gasteiger partial charge on any atom is 0.244 e. The highest BCUT2D eigenvalue weighted by Gasteiger charge is 2.02. The predicted molar refractivity (Wildman–Crippen MR) is 82.4 cm³/mol. The van der Waals surface area contributed by atoms with Crippen LogP contribution in [0.5, 0.6) is 11.5 Å². The minimum Gasteiger partial charge on any atom is -0.504 e. The number of amides is 1. The summed E-state index contributed by atoms with van der Waals surface area (Å²) in [6.07, 6.45) is 3.80. The van der Waals surface area contributed by atoms with E-state index in [1.807, 2.05) is 6.92 Å². The molecule has 21 heavy (non-hydrogen) atoms. The van der Waals surface area contributed by atoms with E-state index < -0.39 is 0 Å². The molecule has 0 aliphatic carbocycles. The Morgan fingerprint density at radius 2 is 2.19 bits per heavy atom. The van der Waals surface area contributed by atoms with Gasteiger partial charge in [0.25, 0.3) is 0 Å². The minimum atomic E-state index is -0.175. The summed E-state index contributed by atoms with van der Waals surface area (Å²) in [7, 11) is 0. The maximum atomic E-state index is 11.7. The first-order chi connectivity index (χ1) is 10.1.